The number of methoxy groups -OCH3 is 2. The van der Waals surface area contributed by atoms with Crippen molar-refractivity contribution in [3.63, 3.8) is 0 Å². The molecule has 2 rings (SSSR count). The summed E-state index contributed by atoms with van der Waals surface area (Å²) in [7, 11) is 3.11. The van der Waals surface area contributed by atoms with Gasteiger partial charge < -0.3 is 9.47 Å². The molecule has 0 fully saturated rings. The zero-order chi connectivity index (χ0) is 15.4. The van der Waals surface area contributed by atoms with Crippen molar-refractivity contribution < 1.29 is 14.3 Å². The molecule has 0 aliphatic carbocycles. The maximum Gasteiger partial charge on any atom is 0.196 e. The molecular weight excluding hydrogens is 332 g/mol. The van der Waals surface area contributed by atoms with Crippen LogP contribution < -0.4 is 9.47 Å². The predicted molar refractivity (Wildman–Crippen MR) is 86.5 cm³/mol. The van der Waals surface area contributed by atoms with Crippen molar-refractivity contribution in [3.05, 3.63) is 57.6 Å². The van der Waals surface area contributed by atoms with Crippen molar-refractivity contribution in [2.75, 3.05) is 14.2 Å². The van der Waals surface area contributed by atoms with Crippen LogP contribution in [-0.2, 0) is 6.42 Å². The molecule has 0 heterocycles. The number of ketones is 1. The van der Waals surface area contributed by atoms with E-state index in [1.165, 1.54) is 12.7 Å². The van der Waals surface area contributed by atoms with Crippen LogP contribution in [0.1, 0.15) is 28.4 Å². The normalized spacial score (nSPS) is 10.3. The van der Waals surface area contributed by atoms with E-state index in [-0.39, 0.29) is 5.78 Å². The van der Waals surface area contributed by atoms with Gasteiger partial charge in [-0.3, -0.25) is 4.79 Å². The third-order valence-electron chi connectivity index (χ3n) is 3.35. The van der Waals surface area contributed by atoms with Crippen molar-refractivity contribution in [2.24, 2.45) is 0 Å². The lowest BCUT2D eigenvalue weighted by Crippen LogP contribution is -2.05. The Kier molecular flexibility index (Phi) is 5.02. The van der Waals surface area contributed by atoms with Crippen molar-refractivity contribution in [1.82, 2.24) is 0 Å². The summed E-state index contributed by atoms with van der Waals surface area (Å²) in [4.78, 5) is 12.6. The highest BCUT2D eigenvalue weighted by Gasteiger charge is 2.19. The fourth-order valence-corrected chi connectivity index (χ4v) is 2.79. The predicted octanol–water partition coefficient (Wildman–Crippen LogP) is 4.26. The molecule has 3 nitrogen and oxygen atoms in total. The highest BCUT2D eigenvalue weighted by atomic mass is 79.9. The SMILES string of the molecule is CCc1ccc(C(=O)c2ccc(OC)c(Br)c2OC)cc1. The molecule has 21 heavy (non-hydrogen) atoms. The molecule has 0 N–H and O–H groups in total. The first-order valence-electron chi connectivity index (χ1n) is 6.66. The molecule has 0 radical (unpaired) electrons. The van der Waals surface area contributed by atoms with E-state index >= 15 is 0 Å². The fourth-order valence-electron chi connectivity index (χ4n) is 2.12. The lowest BCUT2D eigenvalue weighted by molar-refractivity contribution is 0.103. The summed E-state index contributed by atoms with van der Waals surface area (Å²) in [5, 5.41) is 0. The summed E-state index contributed by atoms with van der Waals surface area (Å²) in [6.07, 6.45) is 0.950. The Hall–Kier alpha value is -1.81. The molecule has 4 heteroatoms. The number of aryl methyl sites for hydroxylation is 1. The Morgan fingerprint density at radius 3 is 2.24 bits per heavy atom. The van der Waals surface area contributed by atoms with Gasteiger partial charge in [0.1, 0.15) is 16.0 Å². The number of halogens is 1. The maximum atomic E-state index is 12.6. The number of benzene rings is 2. The Morgan fingerprint density at radius 1 is 1.05 bits per heavy atom. The first kappa shape index (κ1) is 15.6. The number of rotatable bonds is 5. The maximum absolute atomic E-state index is 12.6. The second kappa shape index (κ2) is 6.76. The summed E-state index contributed by atoms with van der Waals surface area (Å²) in [5.74, 6) is 1.04. The van der Waals surface area contributed by atoms with E-state index in [4.69, 9.17) is 9.47 Å². The van der Waals surface area contributed by atoms with Crippen LogP contribution in [0.15, 0.2) is 40.9 Å². The topological polar surface area (TPSA) is 35.5 Å². The molecule has 0 spiro atoms. The fraction of sp³-hybridized carbons (Fsp3) is 0.235. The van der Waals surface area contributed by atoms with E-state index in [2.05, 4.69) is 22.9 Å². The van der Waals surface area contributed by atoms with Crippen LogP contribution in [0.2, 0.25) is 0 Å². The summed E-state index contributed by atoms with van der Waals surface area (Å²) >= 11 is 3.41. The lowest BCUT2D eigenvalue weighted by Gasteiger charge is -2.12. The molecule has 2 aromatic rings. The van der Waals surface area contributed by atoms with Crippen LogP contribution in [0.5, 0.6) is 11.5 Å². The average molecular weight is 349 g/mol. The van der Waals surface area contributed by atoms with Crippen LogP contribution in [-0.4, -0.2) is 20.0 Å². The van der Waals surface area contributed by atoms with Crippen LogP contribution in [0.4, 0.5) is 0 Å². The summed E-state index contributed by atoms with van der Waals surface area (Å²) < 4.78 is 11.2. The minimum atomic E-state index is -0.0714. The number of carbonyl (C=O) groups is 1. The van der Waals surface area contributed by atoms with Crippen molar-refractivity contribution in [2.45, 2.75) is 13.3 Å². The molecule has 0 saturated heterocycles. The Labute approximate surface area is 133 Å². The molecule has 0 aliphatic heterocycles. The van der Waals surface area contributed by atoms with Gasteiger partial charge in [-0.1, -0.05) is 31.2 Å². The third kappa shape index (κ3) is 3.10. The summed E-state index contributed by atoms with van der Waals surface area (Å²) in [6, 6.07) is 11.1. The molecule has 0 aliphatic rings. The second-order valence-corrected chi connectivity index (χ2v) is 5.34. The van der Waals surface area contributed by atoms with Crippen LogP contribution >= 0.6 is 15.9 Å². The van der Waals surface area contributed by atoms with Gasteiger partial charge in [0, 0.05) is 5.56 Å². The Balaban J connectivity index is 2.45. The van der Waals surface area contributed by atoms with Crippen molar-refractivity contribution >= 4 is 21.7 Å². The van der Waals surface area contributed by atoms with Gasteiger partial charge in [-0.05, 0) is 40.0 Å². The summed E-state index contributed by atoms with van der Waals surface area (Å²) in [5.41, 5.74) is 2.35. The quantitative estimate of drug-likeness (QED) is 0.757. The van der Waals surface area contributed by atoms with Gasteiger partial charge in [-0.15, -0.1) is 0 Å². The van der Waals surface area contributed by atoms with Gasteiger partial charge in [0.25, 0.3) is 0 Å². The molecule has 0 atom stereocenters. The van der Waals surface area contributed by atoms with E-state index in [1.807, 2.05) is 24.3 Å². The van der Waals surface area contributed by atoms with E-state index in [0.717, 1.165) is 6.42 Å². The van der Waals surface area contributed by atoms with Gasteiger partial charge in [0.2, 0.25) is 0 Å². The Morgan fingerprint density at radius 2 is 1.71 bits per heavy atom. The molecule has 2 aromatic carbocycles. The average Bonchev–Trinajstić information content (AvgIpc) is 2.54. The van der Waals surface area contributed by atoms with Gasteiger partial charge in [0.05, 0.1) is 19.8 Å². The van der Waals surface area contributed by atoms with Gasteiger partial charge in [-0.25, -0.2) is 0 Å². The third-order valence-corrected chi connectivity index (χ3v) is 4.11. The van der Waals surface area contributed by atoms with Crippen LogP contribution in [0.3, 0.4) is 0 Å². The standard InChI is InChI=1S/C17H17BrO3/c1-4-11-5-7-12(8-6-11)16(19)13-9-10-14(20-2)15(18)17(13)21-3/h5-10H,4H2,1-3H3. The molecule has 110 valence electrons. The molecule has 0 bridgehead atoms. The second-order valence-electron chi connectivity index (χ2n) is 4.54. The van der Waals surface area contributed by atoms with E-state index in [0.29, 0.717) is 27.1 Å². The monoisotopic (exact) mass is 348 g/mol. The first-order chi connectivity index (χ1) is 10.1. The van der Waals surface area contributed by atoms with Crippen molar-refractivity contribution in [3.8, 4) is 11.5 Å². The zero-order valence-corrected chi connectivity index (χ0v) is 13.9. The minimum Gasteiger partial charge on any atom is -0.495 e. The van der Waals surface area contributed by atoms with E-state index < -0.39 is 0 Å². The molecule has 0 unspecified atom stereocenters. The van der Waals surface area contributed by atoms with Crippen LogP contribution in [0.25, 0.3) is 0 Å². The van der Waals surface area contributed by atoms with Crippen LogP contribution in [0, 0.1) is 0 Å². The molecular formula is C17H17BrO3. The van der Waals surface area contributed by atoms with Gasteiger partial charge in [0.15, 0.2) is 5.78 Å². The highest BCUT2D eigenvalue weighted by Crippen LogP contribution is 2.38. The number of hydrogen-bond acceptors (Lipinski definition) is 3. The first-order valence-corrected chi connectivity index (χ1v) is 7.45. The summed E-state index contributed by atoms with van der Waals surface area (Å²) in [6.45, 7) is 2.08. The van der Waals surface area contributed by atoms with Crippen molar-refractivity contribution in [1.29, 1.82) is 0 Å². The molecule has 0 amide bonds. The highest BCUT2D eigenvalue weighted by molar-refractivity contribution is 9.10. The molecule has 0 aromatic heterocycles. The van der Waals surface area contributed by atoms with Gasteiger partial charge >= 0.3 is 0 Å². The number of ether oxygens (including phenoxy) is 2. The smallest absolute Gasteiger partial charge is 0.196 e. The largest absolute Gasteiger partial charge is 0.495 e. The minimum absolute atomic E-state index is 0.0714. The van der Waals surface area contributed by atoms with E-state index in [1.54, 1.807) is 19.2 Å². The molecule has 0 saturated carbocycles. The van der Waals surface area contributed by atoms with Gasteiger partial charge in [-0.2, -0.15) is 0 Å². The number of carbonyl (C=O) groups excluding carboxylic acids is 1. The van der Waals surface area contributed by atoms with E-state index in [9.17, 15) is 4.79 Å². The zero-order valence-electron chi connectivity index (χ0n) is 12.3. The Bertz CT molecular complexity index is 648. The number of hydrogen-bond donors (Lipinski definition) is 0. The lowest BCUT2D eigenvalue weighted by atomic mass is 10.0.